The van der Waals surface area contributed by atoms with Crippen molar-refractivity contribution in [1.29, 1.82) is 0 Å². The number of nitrogens with one attached hydrogen (secondary N) is 2. The molecular formula is C20H27N5O. The van der Waals surface area contributed by atoms with Gasteiger partial charge in [0, 0.05) is 43.7 Å². The summed E-state index contributed by atoms with van der Waals surface area (Å²) in [5, 5.41) is 6.63. The van der Waals surface area contributed by atoms with Gasteiger partial charge in [0.25, 0.3) is 0 Å². The molecule has 138 valence electrons. The van der Waals surface area contributed by atoms with Crippen LogP contribution in [0.3, 0.4) is 0 Å². The maximum Gasteiger partial charge on any atom is 0.213 e. The van der Waals surface area contributed by atoms with E-state index in [0.717, 1.165) is 49.3 Å². The molecule has 26 heavy (non-hydrogen) atoms. The maximum atomic E-state index is 5.74. The molecule has 0 amide bonds. The summed E-state index contributed by atoms with van der Waals surface area (Å²) in [7, 11) is 0. The Hall–Kier alpha value is -2.63. The van der Waals surface area contributed by atoms with E-state index in [1.807, 2.05) is 36.5 Å². The lowest BCUT2D eigenvalue weighted by Gasteiger charge is -2.11. The van der Waals surface area contributed by atoms with Crippen molar-refractivity contribution in [2.45, 2.75) is 32.7 Å². The Labute approximate surface area is 155 Å². The number of hydrogen-bond acceptors (Lipinski definition) is 4. The first kappa shape index (κ1) is 18.2. The van der Waals surface area contributed by atoms with Gasteiger partial charge in [0.15, 0.2) is 5.96 Å². The van der Waals surface area contributed by atoms with Gasteiger partial charge in [-0.05, 0) is 49.4 Å². The van der Waals surface area contributed by atoms with Gasteiger partial charge in [0.1, 0.15) is 0 Å². The lowest BCUT2D eigenvalue weighted by Crippen LogP contribution is -2.38. The first-order valence-electron chi connectivity index (χ1n) is 9.33. The topological polar surface area (TPSA) is 71.4 Å². The third-order valence-corrected chi connectivity index (χ3v) is 4.13. The molecule has 1 aliphatic rings. The van der Waals surface area contributed by atoms with Gasteiger partial charge in [-0.3, -0.25) is 4.98 Å². The zero-order valence-electron chi connectivity index (χ0n) is 15.3. The van der Waals surface area contributed by atoms with Crippen LogP contribution >= 0.6 is 0 Å². The molecule has 3 rings (SSSR count). The third-order valence-electron chi connectivity index (χ3n) is 4.13. The van der Waals surface area contributed by atoms with Crippen molar-refractivity contribution in [2.24, 2.45) is 10.9 Å². The molecule has 2 N–H and O–H groups in total. The second kappa shape index (κ2) is 9.75. The Kier molecular flexibility index (Phi) is 6.81. The van der Waals surface area contributed by atoms with Crippen LogP contribution in [0.4, 0.5) is 0 Å². The smallest absolute Gasteiger partial charge is 0.213 e. The average molecular weight is 353 g/mol. The number of hydrogen-bond donors (Lipinski definition) is 2. The standard InChI is InChI=1S/C20H27N5O/c1-2-21-20(24-12-9-18-5-3-4-10-22-18)25-14-17-8-11-23-19(13-17)26-15-16-6-7-16/h3-5,8,10-11,13,16H,2,6-7,9,12,14-15H2,1H3,(H2,21,24,25). The Balaban J connectivity index is 1.50. The van der Waals surface area contributed by atoms with Gasteiger partial charge in [-0.2, -0.15) is 0 Å². The van der Waals surface area contributed by atoms with Crippen LogP contribution in [0, 0.1) is 5.92 Å². The van der Waals surface area contributed by atoms with Crippen LogP contribution in [-0.4, -0.2) is 35.6 Å². The van der Waals surface area contributed by atoms with Gasteiger partial charge in [0.2, 0.25) is 5.88 Å². The van der Waals surface area contributed by atoms with Gasteiger partial charge in [-0.1, -0.05) is 6.07 Å². The summed E-state index contributed by atoms with van der Waals surface area (Å²) in [5.41, 5.74) is 2.16. The van der Waals surface area contributed by atoms with E-state index < -0.39 is 0 Å². The van der Waals surface area contributed by atoms with Crippen molar-refractivity contribution in [2.75, 3.05) is 19.7 Å². The molecule has 0 saturated heterocycles. The molecule has 0 aromatic carbocycles. The van der Waals surface area contributed by atoms with Crippen molar-refractivity contribution in [3.8, 4) is 5.88 Å². The van der Waals surface area contributed by atoms with Crippen LogP contribution in [0.15, 0.2) is 47.7 Å². The summed E-state index contributed by atoms with van der Waals surface area (Å²) in [6, 6.07) is 9.92. The molecule has 0 bridgehead atoms. The zero-order valence-corrected chi connectivity index (χ0v) is 15.3. The summed E-state index contributed by atoms with van der Waals surface area (Å²) in [6.07, 6.45) is 7.02. The third kappa shape index (κ3) is 6.35. The minimum Gasteiger partial charge on any atom is -0.477 e. The van der Waals surface area contributed by atoms with Crippen molar-refractivity contribution in [3.05, 3.63) is 54.0 Å². The zero-order chi connectivity index (χ0) is 18.0. The van der Waals surface area contributed by atoms with Crippen molar-refractivity contribution >= 4 is 5.96 Å². The second-order valence-corrected chi connectivity index (χ2v) is 6.45. The Morgan fingerprint density at radius 1 is 1.19 bits per heavy atom. The van der Waals surface area contributed by atoms with Gasteiger partial charge < -0.3 is 15.4 Å². The monoisotopic (exact) mass is 353 g/mol. The van der Waals surface area contributed by atoms with Crippen LogP contribution in [0.1, 0.15) is 31.0 Å². The van der Waals surface area contributed by atoms with Gasteiger partial charge >= 0.3 is 0 Å². The average Bonchev–Trinajstić information content (AvgIpc) is 3.50. The van der Waals surface area contributed by atoms with Crippen molar-refractivity contribution in [1.82, 2.24) is 20.6 Å². The van der Waals surface area contributed by atoms with E-state index in [1.165, 1.54) is 12.8 Å². The summed E-state index contributed by atoms with van der Waals surface area (Å²) in [4.78, 5) is 13.3. The van der Waals surface area contributed by atoms with E-state index in [0.29, 0.717) is 12.4 Å². The van der Waals surface area contributed by atoms with E-state index in [9.17, 15) is 0 Å². The number of guanidine groups is 1. The van der Waals surface area contributed by atoms with Crippen LogP contribution in [0.25, 0.3) is 0 Å². The molecule has 0 radical (unpaired) electrons. The van der Waals surface area contributed by atoms with Crippen LogP contribution in [0.5, 0.6) is 5.88 Å². The molecule has 6 heteroatoms. The largest absolute Gasteiger partial charge is 0.477 e. The van der Waals surface area contributed by atoms with E-state index in [4.69, 9.17) is 4.74 Å². The molecule has 0 atom stereocenters. The number of aliphatic imine (C=N–C) groups is 1. The highest BCUT2D eigenvalue weighted by Crippen LogP contribution is 2.29. The lowest BCUT2D eigenvalue weighted by molar-refractivity contribution is 0.288. The molecule has 2 aromatic heterocycles. The number of aromatic nitrogens is 2. The summed E-state index contributed by atoms with van der Waals surface area (Å²) < 4.78 is 5.74. The molecular weight excluding hydrogens is 326 g/mol. The van der Waals surface area contributed by atoms with E-state index in [2.05, 4.69) is 32.5 Å². The van der Waals surface area contributed by atoms with Crippen molar-refractivity contribution in [3.63, 3.8) is 0 Å². The fourth-order valence-electron chi connectivity index (χ4n) is 2.48. The van der Waals surface area contributed by atoms with Crippen molar-refractivity contribution < 1.29 is 4.74 Å². The number of rotatable bonds is 9. The Morgan fingerprint density at radius 3 is 2.88 bits per heavy atom. The molecule has 6 nitrogen and oxygen atoms in total. The molecule has 2 heterocycles. The fourth-order valence-corrected chi connectivity index (χ4v) is 2.48. The molecule has 2 aromatic rings. The summed E-state index contributed by atoms with van der Waals surface area (Å²) >= 11 is 0. The maximum absolute atomic E-state index is 5.74. The number of ether oxygens (including phenoxy) is 1. The highest BCUT2D eigenvalue weighted by Gasteiger charge is 2.22. The first-order chi connectivity index (χ1) is 12.8. The van der Waals surface area contributed by atoms with E-state index >= 15 is 0 Å². The first-order valence-corrected chi connectivity index (χ1v) is 9.33. The molecule has 0 spiro atoms. The SMILES string of the molecule is CCNC(=NCc1ccnc(OCC2CC2)c1)NCCc1ccccn1. The molecule has 1 saturated carbocycles. The molecule has 1 fully saturated rings. The van der Waals surface area contributed by atoms with Gasteiger partial charge in [-0.25, -0.2) is 9.98 Å². The quantitative estimate of drug-likeness (QED) is 0.535. The Bertz CT molecular complexity index is 700. The highest BCUT2D eigenvalue weighted by atomic mass is 16.5. The number of nitrogens with zero attached hydrogens (tertiary/aromatic N) is 3. The van der Waals surface area contributed by atoms with E-state index in [-0.39, 0.29) is 0 Å². The molecule has 0 aliphatic heterocycles. The summed E-state index contributed by atoms with van der Waals surface area (Å²) in [5.74, 6) is 2.22. The molecule has 0 unspecified atom stereocenters. The normalized spacial score (nSPS) is 14.1. The van der Waals surface area contributed by atoms with Gasteiger partial charge in [0.05, 0.1) is 13.2 Å². The second-order valence-electron chi connectivity index (χ2n) is 6.45. The predicted molar refractivity (Wildman–Crippen MR) is 103 cm³/mol. The van der Waals surface area contributed by atoms with Gasteiger partial charge in [-0.15, -0.1) is 0 Å². The fraction of sp³-hybridized carbons (Fsp3) is 0.450. The van der Waals surface area contributed by atoms with Crippen LogP contribution in [-0.2, 0) is 13.0 Å². The minimum atomic E-state index is 0.585. The van der Waals surface area contributed by atoms with Crippen LogP contribution in [0.2, 0.25) is 0 Å². The number of pyridine rings is 2. The minimum absolute atomic E-state index is 0.585. The van der Waals surface area contributed by atoms with Crippen LogP contribution < -0.4 is 15.4 Å². The molecule has 1 aliphatic carbocycles. The Morgan fingerprint density at radius 2 is 2.12 bits per heavy atom. The van der Waals surface area contributed by atoms with E-state index in [1.54, 1.807) is 6.20 Å². The lowest BCUT2D eigenvalue weighted by atomic mass is 10.2. The summed E-state index contributed by atoms with van der Waals surface area (Å²) in [6.45, 7) is 5.03. The predicted octanol–water partition coefficient (Wildman–Crippen LogP) is 2.56. The highest BCUT2D eigenvalue weighted by molar-refractivity contribution is 5.79.